The lowest BCUT2D eigenvalue weighted by molar-refractivity contribution is 0.0869. The number of hydrogen-bond donors (Lipinski definition) is 3. The molecule has 5 rings (SSSR count). The molecule has 1 aliphatic carbocycles. The molecule has 0 radical (unpaired) electrons. The molecule has 202 valence electrons. The van der Waals surface area contributed by atoms with Crippen LogP contribution in [0.15, 0.2) is 36.5 Å². The Kier molecular flexibility index (Phi) is 7.65. The minimum absolute atomic E-state index is 0.0543. The summed E-state index contributed by atoms with van der Waals surface area (Å²) in [5.41, 5.74) is 7.60. The molecule has 3 fully saturated rings. The number of nitrogens with two attached hydrogens (primary N) is 1. The Morgan fingerprint density at radius 2 is 1.76 bits per heavy atom. The van der Waals surface area contributed by atoms with Gasteiger partial charge in [-0.05, 0) is 82.7 Å². The molecular formula is C29H37N5O4. The van der Waals surface area contributed by atoms with Gasteiger partial charge in [-0.25, -0.2) is 4.98 Å². The number of benzene rings is 1. The number of primary amides is 1. The van der Waals surface area contributed by atoms with Crippen molar-refractivity contribution >= 4 is 29.1 Å². The second-order valence-electron chi connectivity index (χ2n) is 10.9. The van der Waals surface area contributed by atoms with E-state index in [0.717, 1.165) is 44.3 Å². The Morgan fingerprint density at radius 3 is 2.37 bits per heavy atom. The first kappa shape index (κ1) is 26.2. The van der Waals surface area contributed by atoms with Gasteiger partial charge in [0.15, 0.2) is 5.78 Å². The third-order valence-electron chi connectivity index (χ3n) is 7.73. The number of ketones is 1. The number of amides is 2. The molecule has 2 aromatic rings. The molecule has 3 aliphatic rings. The van der Waals surface area contributed by atoms with Crippen LogP contribution in [0.4, 0.5) is 11.5 Å². The Bertz CT molecular complexity index is 1180. The fourth-order valence-electron chi connectivity index (χ4n) is 5.73. The van der Waals surface area contributed by atoms with Crippen LogP contribution in [-0.4, -0.2) is 60.0 Å². The number of ether oxygens (including phenoxy) is 1. The maximum atomic E-state index is 13.2. The van der Waals surface area contributed by atoms with Crippen LogP contribution in [0.1, 0.15) is 83.4 Å². The van der Waals surface area contributed by atoms with Gasteiger partial charge in [-0.15, -0.1) is 0 Å². The van der Waals surface area contributed by atoms with Crippen LogP contribution >= 0.6 is 0 Å². The van der Waals surface area contributed by atoms with Crippen molar-refractivity contribution in [2.45, 2.75) is 76.6 Å². The van der Waals surface area contributed by atoms with E-state index in [9.17, 15) is 14.4 Å². The summed E-state index contributed by atoms with van der Waals surface area (Å²) in [5.74, 6) is 0.595. The molecule has 2 amide bonds. The second kappa shape index (κ2) is 11.1. The Hall–Kier alpha value is -3.46. The molecule has 2 unspecified atom stereocenters. The summed E-state index contributed by atoms with van der Waals surface area (Å²) >= 11 is 0. The Morgan fingerprint density at radius 1 is 1.05 bits per heavy atom. The monoisotopic (exact) mass is 519 g/mol. The molecule has 3 heterocycles. The first-order valence-corrected chi connectivity index (χ1v) is 13.7. The second-order valence-corrected chi connectivity index (χ2v) is 10.9. The molecule has 2 bridgehead atoms. The Labute approximate surface area is 223 Å². The number of hydrogen-bond acceptors (Lipinski definition) is 7. The largest absolute Gasteiger partial charge is 0.382 e. The van der Waals surface area contributed by atoms with E-state index in [-0.39, 0.29) is 29.8 Å². The number of Topliss-reactive ketones (excluding diaryl/α,β-unsaturated/α-hetero) is 1. The summed E-state index contributed by atoms with van der Waals surface area (Å²) < 4.78 is 5.56. The zero-order valence-corrected chi connectivity index (χ0v) is 22.1. The third kappa shape index (κ3) is 5.83. The summed E-state index contributed by atoms with van der Waals surface area (Å²) in [6, 6.07) is 9.45. The quantitative estimate of drug-likeness (QED) is 0.306. The molecule has 1 saturated carbocycles. The summed E-state index contributed by atoms with van der Waals surface area (Å²) in [6.07, 6.45) is 7.60. The van der Waals surface area contributed by atoms with Crippen molar-refractivity contribution < 1.29 is 19.1 Å². The normalized spacial score (nSPS) is 22.4. The maximum absolute atomic E-state index is 13.2. The number of anilines is 2. The summed E-state index contributed by atoms with van der Waals surface area (Å²) in [7, 11) is 0. The van der Waals surface area contributed by atoms with Crippen molar-refractivity contribution in [2.24, 2.45) is 11.7 Å². The number of piperidine rings is 1. The highest BCUT2D eigenvalue weighted by Gasteiger charge is 2.42. The van der Waals surface area contributed by atoms with Crippen LogP contribution in [-0.2, 0) is 4.74 Å². The van der Waals surface area contributed by atoms with E-state index in [1.807, 2.05) is 26.0 Å². The number of fused-ring (bicyclic) bond motifs is 2. The van der Waals surface area contributed by atoms with Crippen molar-refractivity contribution in [3.63, 3.8) is 0 Å². The zero-order chi connectivity index (χ0) is 26.8. The molecule has 1 aromatic carbocycles. The maximum Gasteiger partial charge on any atom is 0.251 e. The molecule has 4 N–H and O–H groups in total. The van der Waals surface area contributed by atoms with Gasteiger partial charge >= 0.3 is 0 Å². The average Bonchev–Trinajstić information content (AvgIpc) is 3.71. The fraction of sp³-hybridized carbons (Fsp3) is 0.517. The first-order valence-electron chi connectivity index (χ1n) is 13.7. The van der Waals surface area contributed by atoms with Gasteiger partial charge in [-0.2, -0.15) is 0 Å². The molecule has 2 atom stereocenters. The minimum Gasteiger partial charge on any atom is -0.382 e. The molecule has 2 aliphatic heterocycles. The van der Waals surface area contributed by atoms with Crippen molar-refractivity contribution in [3.8, 4) is 0 Å². The zero-order valence-electron chi connectivity index (χ0n) is 22.1. The van der Waals surface area contributed by atoms with Gasteiger partial charge in [0.25, 0.3) is 11.8 Å². The van der Waals surface area contributed by atoms with Crippen LogP contribution in [0.5, 0.6) is 0 Å². The van der Waals surface area contributed by atoms with Crippen LogP contribution in [0, 0.1) is 5.92 Å². The summed E-state index contributed by atoms with van der Waals surface area (Å²) in [5, 5.41) is 6.39. The van der Waals surface area contributed by atoms with E-state index in [0.29, 0.717) is 47.6 Å². The van der Waals surface area contributed by atoms with E-state index in [1.165, 1.54) is 0 Å². The first-order chi connectivity index (χ1) is 18.3. The summed E-state index contributed by atoms with van der Waals surface area (Å²) in [6.45, 7) is 4.89. The van der Waals surface area contributed by atoms with Gasteiger partial charge in [0, 0.05) is 53.6 Å². The molecule has 0 spiro atoms. The van der Waals surface area contributed by atoms with E-state index < -0.39 is 5.91 Å². The SMILES string of the molecule is CC(C)OCCNc1cc(C(=O)NC2CC3CCC(C2)N3c2ccc(C(=O)C3CC3)cn2)ccc1C(N)=O. The fourth-order valence-corrected chi connectivity index (χ4v) is 5.73. The van der Waals surface area contributed by atoms with Gasteiger partial charge in [-0.3, -0.25) is 14.4 Å². The van der Waals surface area contributed by atoms with Gasteiger partial charge < -0.3 is 26.0 Å². The van der Waals surface area contributed by atoms with Crippen molar-refractivity contribution in [2.75, 3.05) is 23.4 Å². The number of aromatic nitrogens is 1. The van der Waals surface area contributed by atoms with E-state index in [4.69, 9.17) is 10.5 Å². The highest BCUT2D eigenvalue weighted by atomic mass is 16.5. The van der Waals surface area contributed by atoms with Gasteiger partial charge in [0.05, 0.1) is 18.3 Å². The smallest absolute Gasteiger partial charge is 0.251 e. The standard InChI is InChI=1S/C29H37N5O4/c1-17(2)38-12-11-31-25-13-19(5-9-24(25)28(30)36)29(37)33-21-14-22-7-8-23(15-21)34(22)26-10-6-20(16-32-26)27(35)18-3-4-18/h5-6,9-10,13,16-18,21-23,31H,3-4,7-8,11-12,14-15H2,1-2H3,(H2,30,36)(H,33,37). The van der Waals surface area contributed by atoms with E-state index >= 15 is 0 Å². The lowest BCUT2D eigenvalue weighted by Crippen LogP contribution is -2.50. The number of nitrogens with zero attached hydrogens (tertiary/aromatic N) is 2. The van der Waals surface area contributed by atoms with Crippen molar-refractivity contribution in [1.29, 1.82) is 0 Å². The van der Waals surface area contributed by atoms with E-state index in [1.54, 1.807) is 24.4 Å². The number of pyridine rings is 1. The lowest BCUT2D eigenvalue weighted by atomic mass is 9.96. The number of carbonyl (C=O) groups is 3. The van der Waals surface area contributed by atoms with Crippen LogP contribution in [0.25, 0.3) is 0 Å². The molecule has 9 nitrogen and oxygen atoms in total. The topological polar surface area (TPSA) is 127 Å². The average molecular weight is 520 g/mol. The number of carbonyl (C=O) groups excluding carboxylic acids is 3. The number of rotatable bonds is 11. The van der Waals surface area contributed by atoms with Gasteiger partial charge in [0.2, 0.25) is 0 Å². The third-order valence-corrected chi connectivity index (χ3v) is 7.73. The summed E-state index contributed by atoms with van der Waals surface area (Å²) in [4.78, 5) is 44.4. The molecular weight excluding hydrogens is 482 g/mol. The Balaban J connectivity index is 1.21. The molecule has 38 heavy (non-hydrogen) atoms. The van der Waals surface area contributed by atoms with Crippen LogP contribution in [0.3, 0.4) is 0 Å². The van der Waals surface area contributed by atoms with Crippen molar-refractivity contribution in [1.82, 2.24) is 10.3 Å². The van der Waals surface area contributed by atoms with Crippen molar-refractivity contribution in [3.05, 3.63) is 53.2 Å². The minimum atomic E-state index is -0.549. The molecule has 9 heteroatoms. The predicted octanol–water partition coefficient (Wildman–Crippen LogP) is 3.54. The highest BCUT2D eigenvalue weighted by molar-refractivity contribution is 6.02. The predicted molar refractivity (Wildman–Crippen MR) is 146 cm³/mol. The molecule has 2 saturated heterocycles. The van der Waals surface area contributed by atoms with Crippen LogP contribution < -0.4 is 21.3 Å². The lowest BCUT2D eigenvalue weighted by Gasteiger charge is -2.40. The van der Waals surface area contributed by atoms with E-state index in [2.05, 4.69) is 20.5 Å². The van der Waals surface area contributed by atoms with Gasteiger partial charge in [-0.1, -0.05) is 0 Å². The molecule has 1 aromatic heterocycles. The highest BCUT2D eigenvalue weighted by Crippen LogP contribution is 2.39. The van der Waals surface area contributed by atoms with Gasteiger partial charge in [0.1, 0.15) is 5.82 Å². The number of nitrogens with one attached hydrogen (secondary N) is 2. The van der Waals surface area contributed by atoms with Crippen LogP contribution in [0.2, 0.25) is 0 Å².